The Hall–Kier alpha value is -4.66. The van der Waals surface area contributed by atoms with Crippen molar-refractivity contribution in [2.75, 3.05) is 0 Å². The van der Waals surface area contributed by atoms with Gasteiger partial charge in [0.1, 0.15) is 11.3 Å². The molecule has 0 fully saturated rings. The van der Waals surface area contributed by atoms with Crippen LogP contribution in [0.4, 0.5) is 0 Å². The first-order chi connectivity index (χ1) is 18.0. The zero-order chi connectivity index (χ0) is 25.5. The smallest absolute Gasteiger partial charge is 0.205 e. The quantitative estimate of drug-likeness (QED) is 0.353. The Morgan fingerprint density at radius 2 is 1.70 bits per heavy atom. The monoisotopic (exact) mass is 489 g/mol. The van der Waals surface area contributed by atoms with Gasteiger partial charge in [-0.15, -0.1) is 10.2 Å². The van der Waals surface area contributed by atoms with Gasteiger partial charge in [0.2, 0.25) is 5.82 Å². The number of H-pyrrole nitrogens is 1. The summed E-state index contributed by atoms with van der Waals surface area (Å²) >= 11 is 0. The molecule has 4 aromatic heterocycles. The Kier molecular flexibility index (Phi) is 5.60. The first-order valence-electron chi connectivity index (χ1n) is 12.3. The van der Waals surface area contributed by atoms with Crippen molar-refractivity contribution < 1.29 is 0 Å². The highest BCUT2D eigenvalue weighted by Gasteiger charge is 2.16. The third kappa shape index (κ3) is 4.18. The molecule has 0 spiro atoms. The minimum absolute atomic E-state index is 0.552. The number of aromatic amines is 1. The molecule has 2 aromatic carbocycles. The van der Waals surface area contributed by atoms with Gasteiger partial charge in [-0.2, -0.15) is 10.3 Å². The molecule has 0 aliphatic heterocycles. The van der Waals surface area contributed by atoms with Crippen LogP contribution >= 0.6 is 0 Å². The summed E-state index contributed by atoms with van der Waals surface area (Å²) in [6.07, 6.45) is 2.81. The van der Waals surface area contributed by atoms with Gasteiger partial charge < -0.3 is 4.57 Å². The molecule has 0 aliphatic rings. The summed E-state index contributed by atoms with van der Waals surface area (Å²) in [7, 11) is 0. The Bertz CT molecular complexity index is 1710. The summed E-state index contributed by atoms with van der Waals surface area (Å²) in [6.45, 7) is 8.96. The van der Waals surface area contributed by atoms with Crippen LogP contribution in [0.2, 0.25) is 0 Å². The summed E-state index contributed by atoms with van der Waals surface area (Å²) in [6, 6.07) is 18.8. The topological polar surface area (TPSA) is 103 Å². The van der Waals surface area contributed by atoms with E-state index >= 15 is 0 Å². The summed E-state index contributed by atoms with van der Waals surface area (Å²) in [5, 5.41) is 19.3. The fourth-order valence-corrected chi connectivity index (χ4v) is 4.80. The van der Waals surface area contributed by atoms with Crippen molar-refractivity contribution in [2.24, 2.45) is 0 Å². The van der Waals surface area contributed by atoms with E-state index < -0.39 is 0 Å². The number of hydrogen-bond donors (Lipinski definition) is 1. The molecule has 4 heterocycles. The minimum atomic E-state index is 0.552. The number of nitrogens with zero attached hydrogens (tertiary/aromatic N) is 8. The first kappa shape index (κ1) is 22.8. The van der Waals surface area contributed by atoms with E-state index in [9.17, 15) is 0 Å². The molecule has 0 bridgehead atoms. The number of tetrazole rings is 1. The van der Waals surface area contributed by atoms with Gasteiger partial charge in [-0.1, -0.05) is 31.2 Å². The van der Waals surface area contributed by atoms with Crippen molar-refractivity contribution >= 4 is 11.2 Å². The molecule has 0 atom stereocenters. The SMILES string of the molecule is CCc1nc2c(C)cc(C)nc2n1Cc1ccc(-c2cc(-n3ccc(C)n3)ccc2-c2nn[nH]n2)cc1. The molecule has 0 saturated heterocycles. The molecular formula is C28H27N9. The number of aryl methyl sites for hydroxylation is 4. The molecule has 6 rings (SSSR count). The molecule has 9 heteroatoms. The largest absolute Gasteiger partial charge is 0.308 e. The van der Waals surface area contributed by atoms with Crippen LogP contribution in [0, 0.1) is 20.8 Å². The highest BCUT2D eigenvalue weighted by Crippen LogP contribution is 2.32. The molecule has 6 aromatic rings. The summed E-state index contributed by atoms with van der Waals surface area (Å²) < 4.78 is 4.11. The van der Waals surface area contributed by atoms with Crippen LogP contribution in [-0.4, -0.2) is 44.9 Å². The molecule has 0 aliphatic carbocycles. The van der Waals surface area contributed by atoms with E-state index in [-0.39, 0.29) is 0 Å². The Morgan fingerprint density at radius 3 is 2.41 bits per heavy atom. The lowest BCUT2D eigenvalue weighted by Crippen LogP contribution is -2.05. The zero-order valence-corrected chi connectivity index (χ0v) is 21.3. The van der Waals surface area contributed by atoms with E-state index in [0.717, 1.165) is 62.7 Å². The Balaban J connectivity index is 1.39. The number of aromatic nitrogens is 9. The van der Waals surface area contributed by atoms with Gasteiger partial charge >= 0.3 is 0 Å². The van der Waals surface area contributed by atoms with Crippen molar-refractivity contribution in [3.8, 4) is 28.2 Å². The van der Waals surface area contributed by atoms with Crippen LogP contribution in [0.1, 0.15) is 35.3 Å². The number of nitrogens with one attached hydrogen (secondary N) is 1. The van der Waals surface area contributed by atoms with Crippen LogP contribution in [0.25, 0.3) is 39.4 Å². The molecule has 37 heavy (non-hydrogen) atoms. The Morgan fingerprint density at radius 1 is 0.865 bits per heavy atom. The number of rotatable bonds is 6. The van der Waals surface area contributed by atoms with Gasteiger partial charge in [-0.05, 0) is 78.6 Å². The summed E-state index contributed by atoms with van der Waals surface area (Å²) in [5.74, 6) is 1.60. The van der Waals surface area contributed by atoms with Crippen molar-refractivity contribution in [3.63, 3.8) is 0 Å². The van der Waals surface area contributed by atoms with Gasteiger partial charge in [0, 0.05) is 23.9 Å². The van der Waals surface area contributed by atoms with E-state index in [1.165, 1.54) is 5.56 Å². The lowest BCUT2D eigenvalue weighted by atomic mass is 9.97. The average Bonchev–Trinajstić information content (AvgIpc) is 3.65. The third-order valence-corrected chi connectivity index (χ3v) is 6.60. The number of benzene rings is 2. The molecule has 9 nitrogen and oxygen atoms in total. The lowest BCUT2D eigenvalue weighted by Gasteiger charge is -2.12. The van der Waals surface area contributed by atoms with Gasteiger partial charge in [0.15, 0.2) is 5.65 Å². The first-order valence-corrected chi connectivity index (χ1v) is 12.3. The standard InChI is InChI=1S/C28H27N9/c1-5-25-30-26-17(2)14-19(4)29-28(26)36(25)16-20-6-8-21(9-7-20)24-15-22(37-13-12-18(3)33-37)10-11-23(24)27-31-34-35-32-27/h6-15H,5,16H2,1-4H3,(H,31,32,34,35). The second-order valence-electron chi connectivity index (χ2n) is 9.28. The van der Waals surface area contributed by atoms with Crippen LogP contribution in [0.5, 0.6) is 0 Å². The van der Waals surface area contributed by atoms with Crippen molar-refractivity contribution in [3.05, 3.63) is 89.1 Å². The highest BCUT2D eigenvalue weighted by atomic mass is 15.5. The molecule has 1 N–H and O–H groups in total. The second-order valence-corrected chi connectivity index (χ2v) is 9.28. The van der Waals surface area contributed by atoms with Gasteiger partial charge in [0.25, 0.3) is 0 Å². The van der Waals surface area contributed by atoms with Crippen molar-refractivity contribution in [1.82, 2.24) is 44.9 Å². The van der Waals surface area contributed by atoms with Crippen LogP contribution in [0.15, 0.2) is 60.8 Å². The predicted molar refractivity (Wildman–Crippen MR) is 142 cm³/mol. The fourth-order valence-electron chi connectivity index (χ4n) is 4.80. The zero-order valence-electron chi connectivity index (χ0n) is 21.3. The van der Waals surface area contributed by atoms with E-state index in [2.05, 4.69) is 80.5 Å². The van der Waals surface area contributed by atoms with Gasteiger partial charge in [-0.3, -0.25) is 0 Å². The number of pyridine rings is 1. The van der Waals surface area contributed by atoms with Gasteiger partial charge in [0.05, 0.1) is 17.9 Å². The van der Waals surface area contributed by atoms with Crippen LogP contribution in [-0.2, 0) is 13.0 Å². The maximum atomic E-state index is 4.88. The van der Waals surface area contributed by atoms with E-state index in [1.807, 2.05) is 42.9 Å². The Labute approximate surface area is 214 Å². The fraction of sp³-hybridized carbons (Fsp3) is 0.214. The minimum Gasteiger partial charge on any atom is -0.308 e. The van der Waals surface area contributed by atoms with E-state index in [0.29, 0.717) is 12.4 Å². The van der Waals surface area contributed by atoms with Crippen molar-refractivity contribution in [1.29, 1.82) is 0 Å². The summed E-state index contributed by atoms with van der Waals surface area (Å²) in [4.78, 5) is 9.70. The van der Waals surface area contributed by atoms with Crippen LogP contribution in [0.3, 0.4) is 0 Å². The molecule has 184 valence electrons. The van der Waals surface area contributed by atoms with Crippen molar-refractivity contribution in [2.45, 2.75) is 40.7 Å². The van der Waals surface area contributed by atoms with Crippen LogP contribution < -0.4 is 0 Å². The lowest BCUT2D eigenvalue weighted by molar-refractivity contribution is 0.745. The number of imidazole rings is 1. The second kappa shape index (κ2) is 9.09. The number of hydrogen-bond acceptors (Lipinski definition) is 6. The predicted octanol–water partition coefficient (Wildman–Crippen LogP) is 5.00. The van der Waals surface area contributed by atoms with E-state index in [1.54, 1.807) is 0 Å². The maximum absolute atomic E-state index is 4.88. The average molecular weight is 490 g/mol. The van der Waals surface area contributed by atoms with E-state index in [4.69, 9.17) is 9.97 Å². The molecular weight excluding hydrogens is 462 g/mol. The molecule has 0 amide bonds. The highest BCUT2D eigenvalue weighted by molar-refractivity contribution is 5.82. The molecule has 0 radical (unpaired) electrons. The summed E-state index contributed by atoms with van der Waals surface area (Å²) in [5.41, 5.74) is 10.2. The normalized spacial score (nSPS) is 11.5. The number of fused-ring (bicyclic) bond motifs is 1. The molecule has 0 unspecified atom stereocenters. The maximum Gasteiger partial charge on any atom is 0.205 e. The molecule has 0 saturated carbocycles. The third-order valence-electron chi connectivity index (χ3n) is 6.60. The van der Waals surface area contributed by atoms with Gasteiger partial charge in [-0.25, -0.2) is 14.6 Å².